The van der Waals surface area contributed by atoms with Gasteiger partial charge in [-0.2, -0.15) is 13.2 Å². The van der Waals surface area contributed by atoms with E-state index in [4.69, 9.17) is 5.73 Å². The van der Waals surface area contributed by atoms with Crippen molar-refractivity contribution in [2.24, 2.45) is 0 Å². The highest BCUT2D eigenvalue weighted by Gasteiger charge is 2.30. The zero-order chi connectivity index (χ0) is 14.3. The quantitative estimate of drug-likeness (QED) is 0.690. The van der Waals surface area contributed by atoms with Gasteiger partial charge in [0.1, 0.15) is 5.65 Å². The molecule has 102 valence electrons. The van der Waals surface area contributed by atoms with Crippen molar-refractivity contribution in [2.75, 3.05) is 5.73 Å². The van der Waals surface area contributed by atoms with Crippen LogP contribution in [0.2, 0.25) is 0 Å². The number of anilines is 1. The molecule has 0 aliphatic rings. The summed E-state index contributed by atoms with van der Waals surface area (Å²) in [7, 11) is 0. The van der Waals surface area contributed by atoms with Crippen molar-refractivity contribution in [3.05, 3.63) is 54.4 Å². The Balaban J connectivity index is 2.18. The summed E-state index contributed by atoms with van der Waals surface area (Å²) in [4.78, 5) is 4.13. The third-order valence-electron chi connectivity index (χ3n) is 3.08. The monoisotopic (exact) mass is 277 g/mol. The Morgan fingerprint density at radius 2 is 1.90 bits per heavy atom. The van der Waals surface area contributed by atoms with E-state index in [1.165, 1.54) is 6.07 Å². The maximum absolute atomic E-state index is 12.6. The fourth-order valence-corrected chi connectivity index (χ4v) is 2.14. The topological polar surface area (TPSA) is 43.3 Å². The van der Waals surface area contributed by atoms with Gasteiger partial charge in [-0.3, -0.25) is 4.40 Å². The maximum atomic E-state index is 12.6. The Bertz CT molecular complexity index is 775. The third kappa shape index (κ3) is 1.99. The molecular formula is C14H10F3N3. The minimum Gasteiger partial charge on any atom is -0.398 e. The minimum atomic E-state index is -4.40. The number of pyridine rings is 1. The zero-order valence-corrected chi connectivity index (χ0v) is 10.2. The van der Waals surface area contributed by atoms with Gasteiger partial charge in [-0.25, -0.2) is 4.98 Å². The molecule has 0 saturated carbocycles. The van der Waals surface area contributed by atoms with Gasteiger partial charge in [0.25, 0.3) is 0 Å². The van der Waals surface area contributed by atoms with Crippen molar-refractivity contribution in [3.63, 3.8) is 0 Å². The van der Waals surface area contributed by atoms with Crippen LogP contribution in [0.3, 0.4) is 0 Å². The van der Waals surface area contributed by atoms with Crippen LogP contribution in [-0.4, -0.2) is 9.38 Å². The minimum absolute atomic E-state index is 0.0843. The van der Waals surface area contributed by atoms with Crippen molar-refractivity contribution in [1.82, 2.24) is 9.38 Å². The number of nitrogens with two attached hydrogens (primary N) is 1. The summed E-state index contributed by atoms with van der Waals surface area (Å²) in [6, 6.07) is 8.74. The second kappa shape index (κ2) is 4.26. The van der Waals surface area contributed by atoms with E-state index < -0.39 is 11.7 Å². The van der Waals surface area contributed by atoms with E-state index in [-0.39, 0.29) is 5.69 Å². The molecule has 0 bridgehead atoms. The molecule has 0 atom stereocenters. The van der Waals surface area contributed by atoms with Crippen LogP contribution in [0.15, 0.2) is 48.8 Å². The van der Waals surface area contributed by atoms with Crippen molar-refractivity contribution >= 4 is 11.3 Å². The second-order valence-electron chi connectivity index (χ2n) is 4.37. The first-order chi connectivity index (χ1) is 9.47. The van der Waals surface area contributed by atoms with E-state index in [0.29, 0.717) is 16.9 Å². The van der Waals surface area contributed by atoms with Crippen LogP contribution in [0.4, 0.5) is 18.9 Å². The Hall–Kier alpha value is -2.50. The highest BCUT2D eigenvalue weighted by molar-refractivity contribution is 5.76. The van der Waals surface area contributed by atoms with E-state index in [1.807, 2.05) is 6.07 Å². The molecule has 0 unspecified atom stereocenters. The van der Waals surface area contributed by atoms with Crippen LogP contribution in [0.5, 0.6) is 0 Å². The van der Waals surface area contributed by atoms with Crippen LogP contribution in [0.25, 0.3) is 16.9 Å². The number of alkyl halides is 3. The highest BCUT2D eigenvalue weighted by Crippen LogP contribution is 2.34. The lowest BCUT2D eigenvalue weighted by atomic mass is 10.1. The van der Waals surface area contributed by atoms with E-state index >= 15 is 0 Å². The summed E-state index contributed by atoms with van der Waals surface area (Å²) >= 11 is 0. The largest absolute Gasteiger partial charge is 0.416 e. The normalized spacial score (nSPS) is 11.9. The second-order valence-corrected chi connectivity index (χ2v) is 4.37. The van der Waals surface area contributed by atoms with Gasteiger partial charge in [0.15, 0.2) is 0 Å². The predicted molar refractivity (Wildman–Crippen MR) is 70.0 cm³/mol. The number of nitrogen functional groups attached to an aromatic ring is 1. The summed E-state index contributed by atoms with van der Waals surface area (Å²) in [6.07, 6.45) is -1.03. The number of benzene rings is 1. The molecule has 0 spiro atoms. The molecule has 3 nitrogen and oxygen atoms in total. The average molecular weight is 277 g/mol. The Morgan fingerprint density at radius 3 is 2.60 bits per heavy atom. The number of halogens is 3. The van der Waals surface area contributed by atoms with Gasteiger partial charge >= 0.3 is 6.18 Å². The molecule has 6 heteroatoms. The molecule has 0 saturated heterocycles. The van der Waals surface area contributed by atoms with Gasteiger partial charge in [0.05, 0.1) is 11.3 Å². The van der Waals surface area contributed by atoms with Crippen molar-refractivity contribution in [2.45, 2.75) is 6.18 Å². The molecule has 1 aromatic carbocycles. The molecule has 20 heavy (non-hydrogen) atoms. The summed E-state index contributed by atoms with van der Waals surface area (Å²) in [5.41, 5.74) is 7.06. The van der Waals surface area contributed by atoms with Crippen LogP contribution in [-0.2, 0) is 6.18 Å². The summed E-state index contributed by atoms with van der Waals surface area (Å²) < 4.78 is 39.7. The molecule has 0 aliphatic heterocycles. The van der Waals surface area contributed by atoms with Gasteiger partial charge in [-0.1, -0.05) is 12.1 Å². The lowest BCUT2D eigenvalue weighted by Crippen LogP contribution is -2.06. The number of hydrogen-bond donors (Lipinski definition) is 1. The van der Waals surface area contributed by atoms with Crippen molar-refractivity contribution < 1.29 is 13.2 Å². The Labute approximate surface area is 112 Å². The van der Waals surface area contributed by atoms with Gasteiger partial charge in [-0.05, 0) is 24.3 Å². The lowest BCUT2D eigenvalue weighted by molar-refractivity contribution is -0.137. The van der Waals surface area contributed by atoms with Gasteiger partial charge in [0.2, 0.25) is 0 Å². The lowest BCUT2D eigenvalue weighted by Gasteiger charge is -2.12. The Morgan fingerprint density at radius 1 is 1.10 bits per heavy atom. The summed E-state index contributed by atoms with van der Waals surface area (Å²) in [5, 5.41) is 0. The smallest absolute Gasteiger partial charge is 0.398 e. The predicted octanol–water partition coefficient (Wildman–Crippen LogP) is 3.60. The number of fused-ring (bicyclic) bond motifs is 1. The molecule has 0 fully saturated rings. The fourth-order valence-electron chi connectivity index (χ4n) is 2.14. The van der Waals surface area contributed by atoms with Gasteiger partial charge in [0, 0.05) is 23.6 Å². The average Bonchev–Trinajstić information content (AvgIpc) is 2.85. The molecule has 2 N–H and O–H groups in total. The summed E-state index contributed by atoms with van der Waals surface area (Å²) in [5.74, 6) is 0. The van der Waals surface area contributed by atoms with E-state index in [1.54, 1.807) is 28.9 Å². The molecule has 0 radical (unpaired) electrons. The van der Waals surface area contributed by atoms with Gasteiger partial charge in [-0.15, -0.1) is 0 Å². The third-order valence-corrected chi connectivity index (χ3v) is 3.08. The molecule has 2 heterocycles. The molecule has 0 aliphatic carbocycles. The number of aromatic nitrogens is 2. The maximum Gasteiger partial charge on any atom is 0.416 e. The fraction of sp³-hybridized carbons (Fsp3) is 0.0714. The van der Waals surface area contributed by atoms with E-state index in [9.17, 15) is 13.2 Å². The van der Waals surface area contributed by atoms with Crippen LogP contribution >= 0.6 is 0 Å². The number of rotatable bonds is 1. The molecular weight excluding hydrogens is 267 g/mol. The van der Waals surface area contributed by atoms with Crippen molar-refractivity contribution in [3.8, 4) is 11.3 Å². The van der Waals surface area contributed by atoms with Gasteiger partial charge < -0.3 is 5.73 Å². The molecule has 3 aromatic rings. The number of nitrogens with zero attached hydrogens (tertiary/aromatic N) is 2. The summed E-state index contributed by atoms with van der Waals surface area (Å²) in [6.45, 7) is 0. The molecule has 2 aromatic heterocycles. The van der Waals surface area contributed by atoms with Crippen LogP contribution in [0.1, 0.15) is 5.56 Å². The molecule has 0 amide bonds. The van der Waals surface area contributed by atoms with Crippen molar-refractivity contribution in [1.29, 1.82) is 0 Å². The highest BCUT2D eigenvalue weighted by atomic mass is 19.4. The first-order valence-corrected chi connectivity index (χ1v) is 5.86. The standard InChI is InChI=1S/C14H10F3N3/c15-14(16,17)9-4-5-10(11(18)8-9)12-2-1-3-13-19-6-7-20(12)13/h1-8H,18H2. The molecule has 3 rings (SSSR count). The Kier molecular flexibility index (Phi) is 2.67. The first kappa shape index (κ1) is 12.5. The first-order valence-electron chi connectivity index (χ1n) is 5.86. The number of imidazole rings is 1. The number of hydrogen-bond acceptors (Lipinski definition) is 2. The van der Waals surface area contributed by atoms with Crippen LogP contribution in [0, 0.1) is 0 Å². The van der Waals surface area contributed by atoms with Crippen LogP contribution < -0.4 is 5.73 Å². The van der Waals surface area contributed by atoms with E-state index in [0.717, 1.165) is 12.1 Å². The zero-order valence-electron chi connectivity index (χ0n) is 10.2. The van der Waals surface area contributed by atoms with E-state index in [2.05, 4.69) is 4.98 Å². The SMILES string of the molecule is Nc1cc(C(F)(F)F)ccc1-c1cccc2nccn12.